The van der Waals surface area contributed by atoms with Crippen LogP contribution in [0.4, 0.5) is 8.78 Å². The summed E-state index contributed by atoms with van der Waals surface area (Å²) in [5, 5.41) is 0.631. The Kier molecular flexibility index (Phi) is 3.30. The lowest BCUT2D eigenvalue weighted by atomic mass is 10.2. The summed E-state index contributed by atoms with van der Waals surface area (Å²) in [4.78, 5) is 3.79. The number of ether oxygens (including phenoxy) is 1. The van der Waals surface area contributed by atoms with Crippen molar-refractivity contribution in [2.24, 2.45) is 0 Å². The van der Waals surface area contributed by atoms with E-state index < -0.39 is 17.7 Å². The van der Waals surface area contributed by atoms with E-state index in [0.29, 0.717) is 5.39 Å². The van der Waals surface area contributed by atoms with Gasteiger partial charge in [-0.3, -0.25) is 0 Å². The fourth-order valence-electron chi connectivity index (χ4n) is 1.48. The first-order valence-electron chi connectivity index (χ1n) is 4.53. The molecule has 0 spiro atoms. The molecule has 1 atom stereocenters. The van der Waals surface area contributed by atoms with Crippen molar-refractivity contribution >= 4 is 21.9 Å². The molecule has 1 aromatic carbocycles. The second-order valence-corrected chi connectivity index (χ2v) is 4.03. The quantitative estimate of drug-likeness (QED) is 0.860. The number of halogens is 2. The van der Waals surface area contributed by atoms with Gasteiger partial charge in [-0.05, 0) is 18.2 Å². The summed E-state index contributed by atoms with van der Waals surface area (Å²) in [6.07, 6.45) is 1.25. The maximum Gasteiger partial charge on any atom is 0.388 e. The van der Waals surface area contributed by atoms with Crippen molar-refractivity contribution in [2.75, 3.05) is 0 Å². The van der Waals surface area contributed by atoms with Gasteiger partial charge in [0.05, 0.1) is 4.90 Å². The number of aromatic nitrogens is 1. The van der Waals surface area contributed by atoms with Crippen LogP contribution >= 0.6 is 0 Å². The molecule has 90 valence electrons. The van der Waals surface area contributed by atoms with E-state index >= 15 is 0 Å². The third kappa shape index (κ3) is 2.40. The first-order chi connectivity index (χ1) is 8.09. The number of nitrogens with zero attached hydrogens (tertiary/aromatic N) is 1. The van der Waals surface area contributed by atoms with Crippen LogP contribution in [0, 0.1) is 0 Å². The molecule has 0 radical (unpaired) electrons. The summed E-state index contributed by atoms with van der Waals surface area (Å²) in [7, 11) is 0. The molecule has 2 rings (SSSR count). The van der Waals surface area contributed by atoms with Crippen LogP contribution < -0.4 is 4.74 Å². The van der Waals surface area contributed by atoms with Gasteiger partial charge in [0.25, 0.3) is 0 Å². The van der Waals surface area contributed by atoms with Crippen molar-refractivity contribution in [1.82, 2.24) is 4.98 Å². The van der Waals surface area contributed by atoms with E-state index in [1.54, 1.807) is 0 Å². The molecule has 0 amide bonds. The lowest BCUT2D eigenvalue weighted by Gasteiger charge is -2.08. The monoisotopic (exact) mass is 259 g/mol. The van der Waals surface area contributed by atoms with Crippen LogP contribution in [0.25, 0.3) is 10.8 Å². The van der Waals surface area contributed by atoms with Crippen LogP contribution in [-0.4, -0.2) is 20.4 Å². The van der Waals surface area contributed by atoms with E-state index in [0.717, 1.165) is 0 Å². The van der Waals surface area contributed by atoms with Crippen molar-refractivity contribution in [3.05, 3.63) is 30.5 Å². The average Bonchev–Trinajstić information content (AvgIpc) is 2.28. The Morgan fingerprint density at radius 1 is 1.29 bits per heavy atom. The third-order valence-corrected chi connectivity index (χ3v) is 2.85. The normalized spacial score (nSPS) is 12.9. The van der Waals surface area contributed by atoms with Gasteiger partial charge in [0.1, 0.15) is 0 Å². The first kappa shape index (κ1) is 11.9. The molecule has 0 bridgehead atoms. The van der Waals surface area contributed by atoms with Crippen LogP contribution in [0.3, 0.4) is 0 Å². The summed E-state index contributed by atoms with van der Waals surface area (Å²) >= 11 is -2.20. The largest absolute Gasteiger partial charge is 0.416 e. The molecule has 1 unspecified atom stereocenters. The van der Waals surface area contributed by atoms with Crippen molar-refractivity contribution in [3.8, 4) is 5.88 Å². The zero-order valence-corrected chi connectivity index (χ0v) is 9.16. The molecule has 0 aliphatic rings. The molecule has 0 saturated carbocycles. The molecule has 17 heavy (non-hydrogen) atoms. The number of fused-ring (bicyclic) bond motifs is 1. The van der Waals surface area contributed by atoms with Gasteiger partial charge in [-0.25, -0.2) is 9.19 Å². The lowest BCUT2D eigenvalue weighted by Crippen LogP contribution is -2.04. The highest BCUT2D eigenvalue weighted by Gasteiger charge is 2.13. The minimum atomic E-state index is -2.99. The Balaban J connectivity index is 2.65. The van der Waals surface area contributed by atoms with Crippen LogP contribution in [-0.2, 0) is 11.1 Å². The van der Waals surface area contributed by atoms with Crippen LogP contribution in [0.2, 0.25) is 0 Å². The Bertz CT molecular complexity index is 576. The van der Waals surface area contributed by atoms with Crippen LogP contribution in [0.1, 0.15) is 0 Å². The highest BCUT2D eigenvalue weighted by molar-refractivity contribution is 7.79. The average molecular weight is 259 g/mol. The maximum absolute atomic E-state index is 12.1. The van der Waals surface area contributed by atoms with Crippen molar-refractivity contribution in [1.29, 1.82) is 0 Å². The van der Waals surface area contributed by atoms with Crippen LogP contribution in [0.5, 0.6) is 5.88 Å². The molecule has 1 N–H and O–H groups in total. The highest BCUT2D eigenvalue weighted by Crippen LogP contribution is 2.28. The van der Waals surface area contributed by atoms with Gasteiger partial charge in [-0.2, -0.15) is 8.78 Å². The zero-order valence-electron chi connectivity index (χ0n) is 8.34. The zero-order chi connectivity index (χ0) is 12.4. The third-order valence-electron chi connectivity index (χ3n) is 2.12. The number of rotatable bonds is 3. The Labute approximate surface area is 97.5 Å². The highest BCUT2D eigenvalue weighted by atomic mass is 32.2. The van der Waals surface area contributed by atoms with Crippen molar-refractivity contribution in [3.63, 3.8) is 0 Å². The summed E-state index contributed by atoms with van der Waals surface area (Å²) in [5.74, 6) is -0.259. The minimum Gasteiger partial charge on any atom is -0.416 e. The standard InChI is InChI=1S/C10H7F2NO3S/c11-10(12)16-9-7-2-1-3-8(17(14)15)6(7)4-5-13-9/h1-5,10H,(H,14,15). The van der Waals surface area contributed by atoms with Gasteiger partial charge in [-0.1, -0.05) is 6.07 Å². The van der Waals surface area contributed by atoms with E-state index in [4.69, 9.17) is 4.55 Å². The van der Waals surface area contributed by atoms with E-state index in [1.165, 1.54) is 30.5 Å². The number of hydrogen-bond acceptors (Lipinski definition) is 3. The number of alkyl halides is 2. The second kappa shape index (κ2) is 4.72. The molecule has 4 nitrogen and oxygen atoms in total. The van der Waals surface area contributed by atoms with Gasteiger partial charge in [0.15, 0.2) is 11.1 Å². The molecular formula is C10H7F2NO3S. The van der Waals surface area contributed by atoms with E-state index in [9.17, 15) is 13.0 Å². The topological polar surface area (TPSA) is 59.4 Å². The molecule has 7 heteroatoms. The molecular weight excluding hydrogens is 252 g/mol. The molecule has 1 heterocycles. The van der Waals surface area contributed by atoms with E-state index in [2.05, 4.69) is 9.72 Å². The van der Waals surface area contributed by atoms with Gasteiger partial charge >= 0.3 is 6.61 Å². The summed E-state index contributed by atoms with van der Waals surface area (Å²) in [6.45, 7) is -2.99. The summed E-state index contributed by atoms with van der Waals surface area (Å²) in [6, 6.07) is 5.88. The number of benzene rings is 1. The number of hydrogen-bond donors (Lipinski definition) is 1. The van der Waals surface area contributed by atoms with Gasteiger partial charge in [0.2, 0.25) is 5.88 Å². The lowest BCUT2D eigenvalue weighted by molar-refractivity contribution is -0.0517. The number of pyridine rings is 1. The molecule has 1 aromatic heterocycles. The predicted molar refractivity (Wildman–Crippen MR) is 57.4 cm³/mol. The predicted octanol–water partition coefficient (Wildman–Crippen LogP) is 2.42. The fraction of sp³-hybridized carbons (Fsp3) is 0.100. The molecule has 0 saturated heterocycles. The van der Waals surface area contributed by atoms with Gasteiger partial charge in [0, 0.05) is 17.0 Å². The van der Waals surface area contributed by atoms with Gasteiger partial charge in [-0.15, -0.1) is 0 Å². The SMILES string of the molecule is O=S(O)c1cccc2c(OC(F)F)nccc12. The molecule has 0 aliphatic heterocycles. The Hall–Kier alpha value is -1.60. The maximum atomic E-state index is 12.1. The van der Waals surface area contributed by atoms with Crippen molar-refractivity contribution < 1.29 is 22.3 Å². The van der Waals surface area contributed by atoms with Crippen LogP contribution in [0.15, 0.2) is 35.4 Å². The van der Waals surface area contributed by atoms with E-state index in [-0.39, 0.29) is 16.2 Å². The minimum absolute atomic E-state index is 0.129. The van der Waals surface area contributed by atoms with Crippen molar-refractivity contribution in [2.45, 2.75) is 11.5 Å². The fourth-order valence-corrected chi connectivity index (χ4v) is 2.04. The molecule has 0 fully saturated rings. The molecule has 2 aromatic rings. The molecule has 0 aliphatic carbocycles. The summed E-state index contributed by atoms with van der Waals surface area (Å²) in [5.41, 5.74) is 0. The second-order valence-electron chi connectivity index (χ2n) is 3.10. The smallest absolute Gasteiger partial charge is 0.388 e. The van der Waals surface area contributed by atoms with E-state index in [1.807, 2.05) is 0 Å². The summed E-state index contributed by atoms with van der Waals surface area (Å²) < 4.78 is 48.6. The first-order valence-corrected chi connectivity index (χ1v) is 5.63. The Morgan fingerprint density at radius 3 is 2.71 bits per heavy atom. The van der Waals surface area contributed by atoms with Gasteiger partial charge < -0.3 is 9.29 Å². The Morgan fingerprint density at radius 2 is 2.06 bits per heavy atom.